The number of methoxy groups -OCH3 is 2. The van der Waals surface area contributed by atoms with Gasteiger partial charge in [-0.3, -0.25) is 9.59 Å². The Morgan fingerprint density at radius 1 is 1.14 bits per heavy atom. The Balaban J connectivity index is 3.07. The first-order valence-electron chi connectivity index (χ1n) is 5.98. The Morgan fingerprint density at radius 2 is 1.76 bits per heavy atom. The number of carbonyl (C=O) groups excluding carboxylic acids is 4. The van der Waals surface area contributed by atoms with E-state index >= 15 is 0 Å². The van der Waals surface area contributed by atoms with Gasteiger partial charge in [0, 0.05) is 5.56 Å². The molecular formula is C14H15NO6. The van der Waals surface area contributed by atoms with E-state index in [2.05, 4.69) is 14.8 Å². The Bertz CT molecular complexity index is 542. The zero-order valence-corrected chi connectivity index (χ0v) is 11.6. The molecule has 112 valence electrons. The summed E-state index contributed by atoms with van der Waals surface area (Å²) in [5, 5.41) is 2.23. The monoisotopic (exact) mass is 293 g/mol. The minimum absolute atomic E-state index is 0.163. The normalized spacial score (nSPS) is 12.7. The maximum absolute atomic E-state index is 12.1. The highest BCUT2D eigenvalue weighted by Crippen LogP contribution is 2.13. The van der Waals surface area contributed by atoms with Gasteiger partial charge in [-0.1, -0.05) is 18.2 Å². The lowest BCUT2D eigenvalue weighted by Crippen LogP contribution is -2.57. The second kappa shape index (κ2) is 7.18. The molecule has 1 aromatic rings. The van der Waals surface area contributed by atoms with E-state index in [1.807, 2.05) is 0 Å². The van der Waals surface area contributed by atoms with Crippen molar-refractivity contribution in [1.82, 2.24) is 5.32 Å². The number of carbonyl (C=O) groups is 4. The molecule has 7 nitrogen and oxygen atoms in total. The molecule has 0 aliphatic heterocycles. The molecule has 0 aliphatic carbocycles. The Kier molecular flexibility index (Phi) is 5.59. The van der Waals surface area contributed by atoms with E-state index in [0.717, 1.165) is 14.2 Å². The van der Waals surface area contributed by atoms with Crippen LogP contribution in [0, 0.1) is 0 Å². The molecule has 0 fully saturated rings. The molecule has 0 unspecified atom stereocenters. The fraction of sp³-hybridized carbons (Fsp3) is 0.286. The molecule has 0 aliphatic rings. The number of benzene rings is 1. The van der Waals surface area contributed by atoms with Crippen LogP contribution in [0.4, 0.5) is 0 Å². The molecule has 0 saturated heterocycles. The van der Waals surface area contributed by atoms with Crippen LogP contribution in [0.5, 0.6) is 0 Å². The van der Waals surface area contributed by atoms with Gasteiger partial charge in [-0.15, -0.1) is 0 Å². The number of aldehydes is 1. The average molecular weight is 293 g/mol. The van der Waals surface area contributed by atoms with E-state index < -0.39 is 29.8 Å². The lowest BCUT2D eigenvalue weighted by atomic mass is 9.96. The lowest BCUT2D eigenvalue weighted by Gasteiger charge is -2.25. The highest BCUT2D eigenvalue weighted by molar-refractivity contribution is 6.07. The minimum atomic E-state index is -2.12. The summed E-state index contributed by atoms with van der Waals surface area (Å²) < 4.78 is 8.93. The van der Waals surface area contributed by atoms with Gasteiger partial charge in [0.2, 0.25) is 5.54 Å². The SMILES string of the molecule is COC(=O)C[C@@](C=O)(NC(=O)c1ccccc1)C(=O)OC. The average Bonchev–Trinajstić information content (AvgIpc) is 2.53. The number of hydrogen-bond donors (Lipinski definition) is 1. The topological polar surface area (TPSA) is 98.8 Å². The molecule has 7 heteroatoms. The highest BCUT2D eigenvalue weighted by atomic mass is 16.5. The summed E-state index contributed by atoms with van der Waals surface area (Å²) >= 11 is 0. The standard InChI is InChI=1S/C14H15NO6/c1-20-11(17)8-14(9-16,13(19)21-2)15-12(18)10-6-4-3-5-7-10/h3-7,9H,8H2,1-2H3,(H,15,18)/t14-/m0/s1. The van der Waals surface area contributed by atoms with Gasteiger partial charge in [-0.05, 0) is 12.1 Å². The molecule has 1 amide bonds. The third-order valence-corrected chi connectivity index (χ3v) is 2.77. The van der Waals surface area contributed by atoms with Gasteiger partial charge >= 0.3 is 11.9 Å². The third-order valence-electron chi connectivity index (χ3n) is 2.77. The Morgan fingerprint density at radius 3 is 2.24 bits per heavy atom. The number of esters is 2. The Hall–Kier alpha value is -2.70. The predicted molar refractivity (Wildman–Crippen MR) is 71.4 cm³/mol. The molecule has 0 aromatic heterocycles. The van der Waals surface area contributed by atoms with Crippen LogP contribution in [0.2, 0.25) is 0 Å². The second-order valence-electron chi connectivity index (χ2n) is 4.15. The Labute approximate surface area is 121 Å². The van der Waals surface area contributed by atoms with Crippen LogP contribution < -0.4 is 5.32 Å². The van der Waals surface area contributed by atoms with Crippen molar-refractivity contribution in [2.75, 3.05) is 14.2 Å². The smallest absolute Gasteiger partial charge is 0.339 e. The molecular weight excluding hydrogens is 278 g/mol. The summed E-state index contributed by atoms with van der Waals surface area (Å²) in [6.45, 7) is 0. The minimum Gasteiger partial charge on any atom is -0.469 e. The number of ether oxygens (including phenoxy) is 2. The quantitative estimate of drug-likeness (QED) is 0.453. The first kappa shape index (κ1) is 16.4. The van der Waals surface area contributed by atoms with E-state index in [0.29, 0.717) is 0 Å². The zero-order chi connectivity index (χ0) is 15.9. The molecule has 0 saturated carbocycles. The fourth-order valence-corrected chi connectivity index (χ4v) is 1.63. The summed E-state index contributed by atoms with van der Waals surface area (Å²) in [6, 6.07) is 7.95. The van der Waals surface area contributed by atoms with Crippen molar-refractivity contribution in [1.29, 1.82) is 0 Å². The lowest BCUT2D eigenvalue weighted by molar-refractivity contribution is -0.156. The van der Waals surface area contributed by atoms with Crippen LogP contribution in [-0.2, 0) is 23.9 Å². The van der Waals surface area contributed by atoms with Gasteiger partial charge in [0.15, 0.2) is 6.29 Å². The van der Waals surface area contributed by atoms with Crippen molar-refractivity contribution in [3.05, 3.63) is 35.9 Å². The number of hydrogen-bond acceptors (Lipinski definition) is 6. The summed E-state index contributed by atoms with van der Waals surface area (Å²) in [6.07, 6.45) is -0.491. The predicted octanol–water partition coefficient (Wildman–Crippen LogP) is 0.0902. The second-order valence-corrected chi connectivity index (χ2v) is 4.15. The molecule has 0 spiro atoms. The van der Waals surface area contributed by atoms with Gasteiger partial charge in [-0.25, -0.2) is 4.79 Å². The van der Waals surface area contributed by atoms with Crippen LogP contribution in [0.1, 0.15) is 16.8 Å². The molecule has 1 atom stereocenters. The summed E-state index contributed by atoms with van der Waals surface area (Å²) in [4.78, 5) is 46.6. The summed E-state index contributed by atoms with van der Waals surface area (Å²) in [5.74, 6) is -2.56. The summed E-state index contributed by atoms with van der Waals surface area (Å²) in [7, 11) is 2.15. The third kappa shape index (κ3) is 3.88. The maximum atomic E-state index is 12.1. The van der Waals surface area contributed by atoms with E-state index in [1.54, 1.807) is 18.2 Å². The van der Waals surface area contributed by atoms with Crippen molar-refractivity contribution < 1.29 is 28.7 Å². The highest BCUT2D eigenvalue weighted by Gasteiger charge is 2.44. The summed E-state index contributed by atoms with van der Waals surface area (Å²) in [5.41, 5.74) is -1.88. The van der Waals surface area contributed by atoms with Crippen molar-refractivity contribution in [3.63, 3.8) is 0 Å². The van der Waals surface area contributed by atoms with E-state index in [-0.39, 0.29) is 11.8 Å². The zero-order valence-electron chi connectivity index (χ0n) is 11.6. The molecule has 0 bridgehead atoms. The largest absolute Gasteiger partial charge is 0.469 e. The molecule has 1 N–H and O–H groups in total. The first-order chi connectivity index (χ1) is 9.99. The molecule has 21 heavy (non-hydrogen) atoms. The molecule has 0 heterocycles. The van der Waals surface area contributed by atoms with Crippen LogP contribution >= 0.6 is 0 Å². The number of rotatable bonds is 6. The fourth-order valence-electron chi connectivity index (χ4n) is 1.63. The van der Waals surface area contributed by atoms with E-state index in [4.69, 9.17) is 0 Å². The van der Waals surface area contributed by atoms with E-state index in [1.165, 1.54) is 12.1 Å². The first-order valence-corrected chi connectivity index (χ1v) is 5.98. The molecule has 1 rings (SSSR count). The van der Waals surface area contributed by atoms with Crippen molar-refractivity contribution in [2.24, 2.45) is 0 Å². The number of amides is 1. The van der Waals surface area contributed by atoms with E-state index in [9.17, 15) is 19.2 Å². The van der Waals surface area contributed by atoms with Gasteiger partial charge < -0.3 is 19.6 Å². The maximum Gasteiger partial charge on any atom is 0.339 e. The molecule has 0 radical (unpaired) electrons. The van der Waals surface area contributed by atoms with Crippen LogP contribution in [0.15, 0.2) is 30.3 Å². The van der Waals surface area contributed by atoms with Gasteiger partial charge in [0.05, 0.1) is 20.6 Å². The van der Waals surface area contributed by atoms with Gasteiger partial charge in [0.1, 0.15) is 0 Å². The van der Waals surface area contributed by atoms with Crippen LogP contribution in [-0.4, -0.2) is 43.9 Å². The van der Waals surface area contributed by atoms with Gasteiger partial charge in [-0.2, -0.15) is 0 Å². The van der Waals surface area contributed by atoms with Gasteiger partial charge in [0.25, 0.3) is 5.91 Å². The van der Waals surface area contributed by atoms with Crippen molar-refractivity contribution in [2.45, 2.75) is 12.0 Å². The van der Waals surface area contributed by atoms with Crippen LogP contribution in [0.25, 0.3) is 0 Å². The number of nitrogens with one attached hydrogen (secondary N) is 1. The van der Waals surface area contributed by atoms with Crippen LogP contribution in [0.3, 0.4) is 0 Å². The van der Waals surface area contributed by atoms with Crippen molar-refractivity contribution in [3.8, 4) is 0 Å². The van der Waals surface area contributed by atoms with Crippen molar-refractivity contribution >= 4 is 24.1 Å². The molecule has 1 aromatic carbocycles.